The molecule has 0 aliphatic carbocycles. The molecule has 0 aliphatic heterocycles. The number of aliphatic hydroxyl groups is 1. The number of nitro benzene ring substituents is 1. The Kier molecular flexibility index (Phi) is 6.00. The molecule has 0 bridgehead atoms. The molecule has 2 rings (SSSR count). The monoisotopic (exact) mass is 312 g/mol. The van der Waals surface area contributed by atoms with Crippen molar-refractivity contribution < 1.29 is 10.0 Å². The molecule has 2 aromatic carbocycles. The molecule has 0 heterocycles. The minimum Gasteiger partial charge on any atom is -0.386 e. The zero-order chi connectivity index (χ0) is 16.7. The normalized spacial score (nSPS) is 12.9. The van der Waals surface area contributed by atoms with Gasteiger partial charge in [-0.25, -0.2) is 0 Å². The number of non-ortho nitro benzene ring substituents is 1. The zero-order valence-corrected chi connectivity index (χ0v) is 13.1. The average molecular weight is 312 g/mol. The highest BCUT2D eigenvalue weighted by Crippen LogP contribution is 2.15. The number of aliphatic hydroxyl groups excluding tert-OH is 1. The van der Waals surface area contributed by atoms with Gasteiger partial charge in [-0.3, -0.25) is 15.1 Å². The van der Waals surface area contributed by atoms with Crippen molar-refractivity contribution in [1.82, 2.24) is 0 Å². The summed E-state index contributed by atoms with van der Waals surface area (Å²) in [6.07, 6.45) is 0.795. The highest BCUT2D eigenvalue weighted by molar-refractivity contribution is 5.86. The number of hydrogen-bond acceptors (Lipinski definition) is 4. The molecule has 0 saturated heterocycles. The van der Waals surface area contributed by atoms with E-state index < -0.39 is 11.0 Å². The van der Waals surface area contributed by atoms with Crippen molar-refractivity contribution in [3.63, 3.8) is 0 Å². The molecule has 1 atom stereocenters. The molecule has 5 nitrogen and oxygen atoms in total. The Balaban J connectivity index is 2.00. The van der Waals surface area contributed by atoms with E-state index in [1.807, 2.05) is 37.3 Å². The van der Waals surface area contributed by atoms with Gasteiger partial charge in [0.25, 0.3) is 5.69 Å². The van der Waals surface area contributed by atoms with Crippen LogP contribution in [0.25, 0.3) is 0 Å². The average Bonchev–Trinajstić information content (AvgIpc) is 2.59. The molecule has 120 valence electrons. The molecule has 1 unspecified atom stereocenters. The van der Waals surface area contributed by atoms with Gasteiger partial charge in [0, 0.05) is 24.3 Å². The standard InChI is InChI=1S/C18H20N2O3/c1-2-16(12-14-8-10-17(11-9-14)20(22)23)19-13-18(21)15-6-4-3-5-7-15/h3-11,18,21H,2,12-13H2,1H3/b19-16+. The van der Waals surface area contributed by atoms with Crippen LogP contribution in [-0.4, -0.2) is 22.3 Å². The molecule has 2 aromatic rings. The first-order valence-electron chi connectivity index (χ1n) is 7.58. The summed E-state index contributed by atoms with van der Waals surface area (Å²) in [5.74, 6) is 0. The van der Waals surface area contributed by atoms with Gasteiger partial charge in [0.15, 0.2) is 0 Å². The number of aliphatic imine (C=N–C) groups is 1. The number of rotatable bonds is 7. The predicted octanol–water partition coefficient (Wildman–Crippen LogP) is 3.72. The van der Waals surface area contributed by atoms with Gasteiger partial charge >= 0.3 is 0 Å². The summed E-state index contributed by atoms with van der Waals surface area (Å²) in [5, 5.41) is 20.8. The second kappa shape index (κ2) is 8.19. The number of benzene rings is 2. The van der Waals surface area contributed by atoms with Crippen LogP contribution in [0.2, 0.25) is 0 Å². The Morgan fingerprint density at radius 3 is 2.39 bits per heavy atom. The summed E-state index contributed by atoms with van der Waals surface area (Å²) in [6.45, 7) is 2.33. The lowest BCUT2D eigenvalue weighted by Crippen LogP contribution is -2.07. The summed E-state index contributed by atoms with van der Waals surface area (Å²) in [6, 6.07) is 15.9. The summed E-state index contributed by atoms with van der Waals surface area (Å²) >= 11 is 0. The molecule has 0 saturated carbocycles. The van der Waals surface area contributed by atoms with Crippen molar-refractivity contribution in [3.05, 3.63) is 75.8 Å². The first kappa shape index (κ1) is 16.8. The molecule has 1 N–H and O–H groups in total. The lowest BCUT2D eigenvalue weighted by molar-refractivity contribution is -0.384. The molecular weight excluding hydrogens is 292 g/mol. The summed E-state index contributed by atoms with van der Waals surface area (Å²) in [5.41, 5.74) is 2.88. The van der Waals surface area contributed by atoms with Crippen LogP contribution in [0.15, 0.2) is 59.6 Å². The maximum atomic E-state index is 10.7. The largest absolute Gasteiger partial charge is 0.386 e. The maximum absolute atomic E-state index is 10.7. The van der Waals surface area contributed by atoms with Crippen LogP contribution in [0.5, 0.6) is 0 Å². The topological polar surface area (TPSA) is 75.7 Å². The van der Waals surface area contributed by atoms with Crippen molar-refractivity contribution in [1.29, 1.82) is 0 Å². The third-order valence-corrected chi connectivity index (χ3v) is 3.64. The van der Waals surface area contributed by atoms with E-state index in [-0.39, 0.29) is 5.69 Å². The fraction of sp³-hybridized carbons (Fsp3) is 0.278. The SMILES string of the molecule is CC/C(Cc1ccc([N+](=O)[O-])cc1)=N\CC(O)c1ccccc1. The molecule has 0 aliphatic rings. The van der Waals surface area contributed by atoms with E-state index in [4.69, 9.17) is 0 Å². The van der Waals surface area contributed by atoms with Gasteiger partial charge in [0.1, 0.15) is 0 Å². The molecule has 0 spiro atoms. The molecule has 0 aromatic heterocycles. The van der Waals surface area contributed by atoms with E-state index in [2.05, 4.69) is 4.99 Å². The van der Waals surface area contributed by atoms with Crippen molar-refractivity contribution in [3.8, 4) is 0 Å². The van der Waals surface area contributed by atoms with E-state index in [0.29, 0.717) is 13.0 Å². The van der Waals surface area contributed by atoms with Gasteiger partial charge in [0.2, 0.25) is 0 Å². The highest BCUT2D eigenvalue weighted by atomic mass is 16.6. The first-order valence-corrected chi connectivity index (χ1v) is 7.58. The van der Waals surface area contributed by atoms with Crippen LogP contribution in [-0.2, 0) is 6.42 Å². The minimum atomic E-state index is -0.616. The highest BCUT2D eigenvalue weighted by Gasteiger charge is 2.08. The summed E-state index contributed by atoms with van der Waals surface area (Å²) in [7, 11) is 0. The lowest BCUT2D eigenvalue weighted by Gasteiger charge is -2.10. The molecule has 0 radical (unpaired) electrons. The minimum absolute atomic E-state index is 0.0863. The van der Waals surface area contributed by atoms with Crippen molar-refractivity contribution in [2.75, 3.05) is 6.54 Å². The van der Waals surface area contributed by atoms with Gasteiger partial charge in [-0.1, -0.05) is 49.4 Å². The van der Waals surface area contributed by atoms with E-state index in [0.717, 1.165) is 23.3 Å². The summed E-state index contributed by atoms with van der Waals surface area (Å²) in [4.78, 5) is 14.8. The zero-order valence-electron chi connectivity index (χ0n) is 13.1. The predicted molar refractivity (Wildman–Crippen MR) is 90.8 cm³/mol. The third-order valence-electron chi connectivity index (χ3n) is 3.64. The van der Waals surface area contributed by atoms with Crippen LogP contribution in [0, 0.1) is 10.1 Å². The van der Waals surface area contributed by atoms with Crippen LogP contribution in [0.1, 0.15) is 30.6 Å². The molecule has 0 fully saturated rings. The van der Waals surface area contributed by atoms with Gasteiger partial charge in [0.05, 0.1) is 17.6 Å². The van der Waals surface area contributed by atoms with Crippen molar-refractivity contribution in [2.45, 2.75) is 25.9 Å². The quantitative estimate of drug-likeness (QED) is 0.481. The Hall–Kier alpha value is -2.53. The van der Waals surface area contributed by atoms with Crippen LogP contribution < -0.4 is 0 Å². The Morgan fingerprint density at radius 2 is 1.83 bits per heavy atom. The number of nitrogens with zero attached hydrogens (tertiary/aromatic N) is 2. The van der Waals surface area contributed by atoms with E-state index in [9.17, 15) is 15.2 Å². The van der Waals surface area contributed by atoms with E-state index >= 15 is 0 Å². The molecule has 5 heteroatoms. The fourth-order valence-electron chi connectivity index (χ4n) is 2.26. The van der Waals surface area contributed by atoms with Crippen LogP contribution in [0.4, 0.5) is 5.69 Å². The van der Waals surface area contributed by atoms with Crippen LogP contribution >= 0.6 is 0 Å². The fourth-order valence-corrected chi connectivity index (χ4v) is 2.26. The van der Waals surface area contributed by atoms with Gasteiger partial charge < -0.3 is 5.11 Å². The Morgan fingerprint density at radius 1 is 1.17 bits per heavy atom. The second-order valence-electron chi connectivity index (χ2n) is 5.29. The van der Waals surface area contributed by atoms with Gasteiger partial charge in [-0.2, -0.15) is 0 Å². The number of hydrogen-bond donors (Lipinski definition) is 1. The summed E-state index contributed by atoms with van der Waals surface area (Å²) < 4.78 is 0. The first-order chi connectivity index (χ1) is 11.1. The van der Waals surface area contributed by atoms with Gasteiger partial charge in [-0.05, 0) is 17.5 Å². The Bertz CT molecular complexity index is 666. The van der Waals surface area contributed by atoms with Crippen molar-refractivity contribution >= 4 is 11.4 Å². The van der Waals surface area contributed by atoms with Crippen molar-refractivity contribution in [2.24, 2.45) is 4.99 Å². The van der Waals surface area contributed by atoms with E-state index in [1.165, 1.54) is 12.1 Å². The molecular formula is C18H20N2O3. The molecule has 23 heavy (non-hydrogen) atoms. The number of nitro groups is 1. The lowest BCUT2D eigenvalue weighted by atomic mass is 10.1. The maximum Gasteiger partial charge on any atom is 0.269 e. The third kappa shape index (κ3) is 5.00. The second-order valence-corrected chi connectivity index (χ2v) is 5.29. The Labute approximate surface area is 135 Å². The van der Waals surface area contributed by atoms with Gasteiger partial charge in [-0.15, -0.1) is 0 Å². The van der Waals surface area contributed by atoms with Crippen LogP contribution in [0.3, 0.4) is 0 Å². The smallest absolute Gasteiger partial charge is 0.269 e. The van der Waals surface area contributed by atoms with E-state index in [1.54, 1.807) is 12.1 Å². The molecule has 0 amide bonds.